The molecule has 63 heavy (non-hydrogen) atoms. The van der Waals surface area contributed by atoms with Crippen LogP contribution in [0.3, 0.4) is 0 Å². The number of rotatable bonds is 29. The van der Waals surface area contributed by atoms with E-state index in [2.05, 4.69) is 49.5 Å². The number of aliphatic imine (C=N–C) groups is 1. The first kappa shape index (κ1) is 56.0. The van der Waals surface area contributed by atoms with Crippen LogP contribution in [-0.4, -0.2) is 137 Å². The number of unbranched alkanes of at least 4 members (excludes halogenated alkanes) is 1. The summed E-state index contributed by atoms with van der Waals surface area (Å²) in [6.45, 7) is 12.2. The minimum atomic E-state index is -1.15. The topological polar surface area (TPSA) is 340 Å². The Hall–Kier alpha value is -4.99. The molecular formula is C41H73N11O10S. The number of aliphatic carboxylic acids is 1. The molecule has 1 aliphatic heterocycles. The lowest BCUT2D eigenvalue weighted by molar-refractivity contribution is -0.144. The van der Waals surface area contributed by atoms with Crippen LogP contribution < -0.4 is 49.1 Å². The second kappa shape index (κ2) is 28.6. The van der Waals surface area contributed by atoms with Crippen molar-refractivity contribution < 1.29 is 48.3 Å². The SMILES string of the molecule is CC(C)CC(NC(=O)CNC(=O)C(CC(C)C)NC(=O)C1CCCN1C(=O)CNC(=O)C(N)CS)C(=O)NC(CC(C)C)C(=O)NC(C)C(=O)CC(CCCCN=C(N)N)C(=O)O. The van der Waals surface area contributed by atoms with E-state index < -0.39 is 102 Å². The summed E-state index contributed by atoms with van der Waals surface area (Å²) in [7, 11) is 0. The molecule has 1 aliphatic rings. The van der Waals surface area contributed by atoms with E-state index in [-0.39, 0.29) is 74.7 Å². The van der Waals surface area contributed by atoms with Crippen LogP contribution in [0.4, 0.5) is 0 Å². The van der Waals surface area contributed by atoms with Gasteiger partial charge in [0, 0.05) is 25.3 Å². The maximum atomic E-state index is 13.7. The number of thiol groups is 1. The number of carbonyl (C=O) groups is 9. The second-order valence-electron chi connectivity index (χ2n) is 17.3. The highest BCUT2D eigenvalue weighted by Crippen LogP contribution is 2.19. The number of ketones is 1. The molecule has 1 heterocycles. The van der Waals surface area contributed by atoms with Gasteiger partial charge in [-0.2, -0.15) is 12.6 Å². The Morgan fingerprint density at radius 1 is 0.730 bits per heavy atom. The Kier molecular flexibility index (Phi) is 25.5. The molecule has 0 saturated carbocycles. The average Bonchev–Trinajstić information content (AvgIpc) is 3.70. The molecule has 1 fully saturated rings. The summed E-state index contributed by atoms with van der Waals surface area (Å²) in [4.78, 5) is 122. The van der Waals surface area contributed by atoms with Gasteiger partial charge in [0.1, 0.15) is 24.2 Å². The summed E-state index contributed by atoms with van der Waals surface area (Å²) in [6, 6.07) is -6.13. The molecule has 0 bridgehead atoms. The molecule has 0 aliphatic carbocycles. The monoisotopic (exact) mass is 912 g/mol. The summed E-state index contributed by atoms with van der Waals surface area (Å²) < 4.78 is 0. The van der Waals surface area contributed by atoms with Gasteiger partial charge in [-0.3, -0.25) is 48.1 Å². The van der Waals surface area contributed by atoms with Crippen molar-refractivity contribution in [2.75, 3.05) is 31.9 Å². The van der Waals surface area contributed by atoms with Crippen molar-refractivity contribution in [3.8, 4) is 0 Å². The fourth-order valence-electron chi connectivity index (χ4n) is 6.84. The van der Waals surface area contributed by atoms with Crippen molar-refractivity contribution in [1.29, 1.82) is 0 Å². The summed E-state index contributed by atoms with van der Waals surface area (Å²) in [5.41, 5.74) is 16.3. The zero-order valence-corrected chi connectivity index (χ0v) is 38.8. The first-order valence-corrected chi connectivity index (χ1v) is 22.3. The molecular weight excluding hydrogens is 839 g/mol. The number of hydrogen-bond acceptors (Lipinski definition) is 12. The van der Waals surface area contributed by atoms with E-state index in [9.17, 15) is 48.3 Å². The molecule has 7 amide bonds. The molecule has 1 saturated heterocycles. The molecule has 21 nitrogen and oxygen atoms in total. The normalized spacial score (nSPS) is 16.5. The van der Waals surface area contributed by atoms with Crippen molar-refractivity contribution in [3.05, 3.63) is 0 Å². The number of amides is 7. The molecule has 0 radical (unpaired) electrons. The van der Waals surface area contributed by atoms with Gasteiger partial charge in [0.15, 0.2) is 11.7 Å². The second-order valence-corrected chi connectivity index (χ2v) is 17.7. The zero-order chi connectivity index (χ0) is 48.0. The van der Waals surface area contributed by atoms with Crippen molar-refractivity contribution in [2.45, 2.75) is 143 Å². The van der Waals surface area contributed by atoms with Gasteiger partial charge < -0.3 is 59.1 Å². The van der Waals surface area contributed by atoms with Gasteiger partial charge in [-0.1, -0.05) is 48.0 Å². The molecule has 13 N–H and O–H groups in total. The molecule has 0 aromatic carbocycles. The molecule has 0 aromatic heterocycles. The lowest BCUT2D eigenvalue weighted by Gasteiger charge is -2.27. The number of guanidine groups is 1. The predicted molar refractivity (Wildman–Crippen MR) is 240 cm³/mol. The van der Waals surface area contributed by atoms with E-state index in [4.69, 9.17) is 17.2 Å². The average molecular weight is 912 g/mol. The fourth-order valence-corrected chi connectivity index (χ4v) is 7.00. The minimum absolute atomic E-state index is 0.0565. The summed E-state index contributed by atoms with van der Waals surface area (Å²) in [5, 5.41) is 25.3. The number of carboxylic acid groups (broad SMARTS) is 1. The first-order chi connectivity index (χ1) is 29.5. The van der Waals surface area contributed by atoms with Crippen molar-refractivity contribution >= 4 is 71.7 Å². The molecule has 0 aromatic rings. The van der Waals surface area contributed by atoms with Crippen LogP contribution in [0.5, 0.6) is 0 Å². The van der Waals surface area contributed by atoms with Gasteiger partial charge in [0.05, 0.1) is 31.1 Å². The molecule has 22 heteroatoms. The minimum Gasteiger partial charge on any atom is -0.481 e. The Balaban J connectivity index is 2.96. The van der Waals surface area contributed by atoms with E-state index in [0.717, 1.165) is 0 Å². The lowest BCUT2D eigenvalue weighted by Crippen LogP contribution is -2.57. The Bertz CT molecular complexity index is 1610. The quantitative estimate of drug-likeness (QED) is 0.0180. The van der Waals surface area contributed by atoms with Crippen LogP contribution in [0.15, 0.2) is 4.99 Å². The summed E-state index contributed by atoms with van der Waals surface area (Å²) >= 11 is 3.98. The molecule has 7 atom stereocenters. The Morgan fingerprint density at radius 3 is 1.81 bits per heavy atom. The van der Waals surface area contributed by atoms with E-state index >= 15 is 0 Å². The molecule has 0 spiro atoms. The first-order valence-electron chi connectivity index (χ1n) is 21.7. The number of likely N-dealkylation sites (tertiary alicyclic amines) is 1. The highest BCUT2D eigenvalue weighted by molar-refractivity contribution is 7.80. The number of nitrogens with zero attached hydrogens (tertiary/aromatic N) is 2. The Labute approximate surface area is 376 Å². The predicted octanol–water partition coefficient (Wildman–Crippen LogP) is -1.33. The van der Waals surface area contributed by atoms with Gasteiger partial charge in [-0.25, -0.2) is 0 Å². The number of nitrogens with one attached hydrogen (secondary N) is 6. The van der Waals surface area contributed by atoms with Crippen LogP contribution in [0, 0.1) is 23.7 Å². The van der Waals surface area contributed by atoms with E-state index in [1.165, 1.54) is 11.8 Å². The van der Waals surface area contributed by atoms with Crippen LogP contribution in [0.1, 0.15) is 106 Å². The third-order valence-electron chi connectivity index (χ3n) is 10.2. The van der Waals surface area contributed by atoms with Crippen LogP contribution in [0.25, 0.3) is 0 Å². The van der Waals surface area contributed by atoms with E-state index in [1.807, 2.05) is 41.5 Å². The maximum absolute atomic E-state index is 13.7. The van der Waals surface area contributed by atoms with Gasteiger partial charge in [-0.15, -0.1) is 0 Å². The zero-order valence-electron chi connectivity index (χ0n) is 37.9. The van der Waals surface area contributed by atoms with Crippen LogP contribution >= 0.6 is 12.6 Å². The number of Topliss-reactive ketones (excluding diaryl/α,β-unsaturated/α-hetero) is 1. The maximum Gasteiger partial charge on any atom is 0.306 e. The third kappa shape index (κ3) is 21.8. The number of nitrogens with two attached hydrogens (primary N) is 3. The fraction of sp³-hybridized carbons (Fsp3) is 0.756. The van der Waals surface area contributed by atoms with Crippen molar-refractivity contribution in [3.63, 3.8) is 0 Å². The Morgan fingerprint density at radius 2 is 1.27 bits per heavy atom. The van der Waals surface area contributed by atoms with Gasteiger partial charge in [0.25, 0.3) is 0 Å². The summed E-state index contributed by atoms with van der Waals surface area (Å²) in [6.07, 6.45) is 2.31. The summed E-state index contributed by atoms with van der Waals surface area (Å²) in [5.74, 6) is -7.14. The highest BCUT2D eigenvalue weighted by atomic mass is 32.1. The van der Waals surface area contributed by atoms with E-state index in [0.29, 0.717) is 32.2 Å². The number of hydrogen-bond donors (Lipinski definition) is 11. The standard InChI is InChI=1S/C41H73N11O10S/c1-22(2)15-28(51-39(60)31-12-10-14-52(31)34(55)20-47-35(56)27(42)21-63)36(57)46-19-33(54)49-29(16-23(3)4)38(59)50-30(17-24(5)6)37(58)48-25(7)32(53)18-26(40(61)62)11-8-9-13-45-41(43)44/h22-31,63H,8-21,42H2,1-7H3,(H,46,57)(H,47,56)(H,48,58)(H,49,54)(H,50,59)(H,51,60)(H,61,62)(H4,43,44,45). The third-order valence-corrected chi connectivity index (χ3v) is 10.6. The molecule has 358 valence electrons. The van der Waals surface area contributed by atoms with Gasteiger partial charge >= 0.3 is 5.97 Å². The van der Waals surface area contributed by atoms with Crippen LogP contribution in [0.2, 0.25) is 0 Å². The van der Waals surface area contributed by atoms with Crippen LogP contribution in [-0.2, 0) is 43.2 Å². The highest BCUT2D eigenvalue weighted by Gasteiger charge is 2.37. The van der Waals surface area contributed by atoms with Crippen molar-refractivity contribution in [1.82, 2.24) is 36.8 Å². The van der Waals surface area contributed by atoms with Crippen molar-refractivity contribution in [2.24, 2.45) is 45.9 Å². The number of carboxylic acids is 1. The largest absolute Gasteiger partial charge is 0.481 e. The molecule has 7 unspecified atom stereocenters. The number of carbonyl (C=O) groups excluding carboxylic acids is 8. The molecule has 1 rings (SSSR count). The van der Waals surface area contributed by atoms with Gasteiger partial charge in [0.2, 0.25) is 41.4 Å². The van der Waals surface area contributed by atoms with E-state index in [1.54, 1.807) is 0 Å². The lowest BCUT2D eigenvalue weighted by atomic mass is 9.93. The smallest absolute Gasteiger partial charge is 0.306 e. The van der Waals surface area contributed by atoms with Gasteiger partial charge in [-0.05, 0) is 69.6 Å².